The highest BCUT2D eigenvalue weighted by atomic mass is 16.2. The largest absolute Gasteiger partial charge is 0.332 e. The van der Waals surface area contributed by atoms with Crippen LogP contribution in [0.4, 0.5) is 0 Å². The van der Waals surface area contributed by atoms with Crippen LogP contribution < -0.4 is 11.2 Å². The first-order valence-electron chi connectivity index (χ1n) is 8.38. The molecule has 0 aliphatic rings. The summed E-state index contributed by atoms with van der Waals surface area (Å²) in [6.07, 6.45) is 4.07. The standard InChI is InChI=1S/C18H22N4O2/c1-3-4-5-9-12-22-17(23)14-16(21(2)18(22)24)20-15(19-14)13-10-7-6-8-11-13/h6-8,10-11H,3-5,9,12H2,1-2H3,(H,19,20). The van der Waals surface area contributed by atoms with Crippen LogP contribution in [0.2, 0.25) is 0 Å². The number of imidazole rings is 1. The summed E-state index contributed by atoms with van der Waals surface area (Å²) in [6, 6.07) is 9.57. The van der Waals surface area contributed by atoms with E-state index in [1.165, 1.54) is 9.13 Å². The summed E-state index contributed by atoms with van der Waals surface area (Å²) in [5.74, 6) is 0.599. The van der Waals surface area contributed by atoms with Crippen LogP contribution in [0.1, 0.15) is 32.6 Å². The molecule has 0 bridgehead atoms. The Hall–Kier alpha value is -2.63. The van der Waals surface area contributed by atoms with Crippen molar-refractivity contribution in [3.8, 4) is 11.4 Å². The van der Waals surface area contributed by atoms with E-state index in [-0.39, 0.29) is 11.2 Å². The van der Waals surface area contributed by atoms with E-state index < -0.39 is 0 Å². The van der Waals surface area contributed by atoms with Crippen LogP contribution in [0.5, 0.6) is 0 Å². The topological polar surface area (TPSA) is 72.7 Å². The molecule has 0 spiro atoms. The van der Waals surface area contributed by atoms with Gasteiger partial charge in [0, 0.05) is 19.2 Å². The molecule has 1 N–H and O–H groups in total. The molecule has 1 aromatic carbocycles. The van der Waals surface area contributed by atoms with Crippen molar-refractivity contribution < 1.29 is 0 Å². The van der Waals surface area contributed by atoms with Gasteiger partial charge in [0.1, 0.15) is 11.3 Å². The number of unbranched alkanes of at least 4 members (excludes halogenated alkanes) is 3. The molecule has 6 nitrogen and oxygen atoms in total. The molecule has 0 aliphatic heterocycles. The lowest BCUT2D eigenvalue weighted by atomic mass is 10.2. The van der Waals surface area contributed by atoms with Gasteiger partial charge in [0.2, 0.25) is 0 Å². The smallest absolute Gasteiger partial charge is 0.332 e. The van der Waals surface area contributed by atoms with Gasteiger partial charge in [-0.3, -0.25) is 13.9 Å². The maximum atomic E-state index is 12.7. The normalized spacial score (nSPS) is 11.2. The number of rotatable bonds is 6. The highest BCUT2D eigenvalue weighted by Crippen LogP contribution is 2.17. The lowest BCUT2D eigenvalue weighted by Crippen LogP contribution is -2.39. The third-order valence-electron chi connectivity index (χ3n) is 4.26. The van der Waals surface area contributed by atoms with Gasteiger partial charge >= 0.3 is 5.69 Å². The van der Waals surface area contributed by atoms with Gasteiger partial charge in [-0.1, -0.05) is 56.5 Å². The second kappa shape index (κ2) is 6.86. The predicted octanol–water partition coefficient (Wildman–Crippen LogP) is 2.67. The molecule has 2 aromatic heterocycles. The minimum absolute atomic E-state index is 0.292. The molecule has 0 unspecified atom stereocenters. The van der Waals surface area contributed by atoms with E-state index in [0.29, 0.717) is 23.5 Å². The molecule has 3 aromatic rings. The van der Waals surface area contributed by atoms with Gasteiger partial charge in [-0.25, -0.2) is 9.78 Å². The zero-order valence-corrected chi connectivity index (χ0v) is 14.1. The average Bonchev–Trinajstić information content (AvgIpc) is 3.06. The number of aromatic amines is 1. The summed E-state index contributed by atoms with van der Waals surface area (Å²) in [7, 11) is 1.66. The summed E-state index contributed by atoms with van der Waals surface area (Å²) < 4.78 is 2.75. The fourth-order valence-corrected chi connectivity index (χ4v) is 2.88. The van der Waals surface area contributed by atoms with Gasteiger partial charge in [0.05, 0.1) is 0 Å². The van der Waals surface area contributed by atoms with Crippen molar-refractivity contribution in [2.45, 2.75) is 39.2 Å². The van der Waals surface area contributed by atoms with Gasteiger partial charge in [-0.2, -0.15) is 0 Å². The predicted molar refractivity (Wildman–Crippen MR) is 95.2 cm³/mol. The quantitative estimate of drug-likeness (QED) is 0.708. The van der Waals surface area contributed by atoms with Crippen molar-refractivity contribution in [3.05, 3.63) is 51.2 Å². The molecular formula is C18H22N4O2. The monoisotopic (exact) mass is 326 g/mol. The number of H-pyrrole nitrogens is 1. The Kier molecular flexibility index (Phi) is 4.64. The molecule has 24 heavy (non-hydrogen) atoms. The second-order valence-electron chi connectivity index (χ2n) is 6.01. The third kappa shape index (κ3) is 2.91. The van der Waals surface area contributed by atoms with Crippen LogP contribution in [0.15, 0.2) is 39.9 Å². The fourth-order valence-electron chi connectivity index (χ4n) is 2.88. The summed E-state index contributed by atoms with van der Waals surface area (Å²) in [4.78, 5) is 32.7. The van der Waals surface area contributed by atoms with Crippen molar-refractivity contribution in [2.24, 2.45) is 7.05 Å². The summed E-state index contributed by atoms with van der Waals surface area (Å²) >= 11 is 0. The van der Waals surface area contributed by atoms with Crippen LogP contribution in [-0.4, -0.2) is 19.1 Å². The number of hydrogen-bond acceptors (Lipinski definition) is 3. The number of benzene rings is 1. The number of nitrogens with zero attached hydrogens (tertiary/aromatic N) is 3. The van der Waals surface area contributed by atoms with Crippen molar-refractivity contribution in [3.63, 3.8) is 0 Å². The lowest BCUT2D eigenvalue weighted by Gasteiger charge is -2.07. The lowest BCUT2D eigenvalue weighted by molar-refractivity contribution is 0.539. The van der Waals surface area contributed by atoms with Crippen LogP contribution in [-0.2, 0) is 13.6 Å². The minimum atomic E-state index is -0.310. The van der Waals surface area contributed by atoms with Crippen LogP contribution >= 0.6 is 0 Å². The first-order chi connectivity index (χ1) is 11.6. The summed E-state index contributed by atoms with van der Waals surface area (Å²) in [6.45, 7) is 2.58. The van der Waals surface area contributed by atoms with Gasteiger partial charge in [0.25, 0.3) is 5.56 Å². The number of fused-ring (bicyclic) bond motifs is 1. The Morgan fingerprint density at radius 1 is 1.08 bits per heavy atom. The maximum Gasteiger partial charge on any atom is 0.332 e. The van der Waals surface area contributed by atoms with E-state index in [1.54, 1.807) is 7.05 Å². The number of aromatic nitrogens is 4. The Morgan fingerprint density at radius 3 is 2.54 bits per heavy atom. The van der Waals surface area contributed by atoms with Crippen molar-refractivity contribution in [2.75, 3.05) is 0 Å². The highest BCUT2D eigenvalue weighted by molar-refractivity contribution is 5.75. The third-order valence-corrected chi connectivity index (χ3v) is 4.26. The van der Waals surface area contributed by atoms with Crippen molar-refractivity contribution in [1.29, 1.82) is 0 Å². The Morgan fingerprint density at radius 2 is 1.83 bits per heavy atom. The zero-order chi connectivity index (χ0) is 17.1. The SMILES string of the molecule is CCCCCCn1c(=O)c2[nH]c(-c3ccccc3)nc2n(C)c1=O. The second-order valence-corrected chi connectivity index (χ2v) is 6.01. The maximum absolute atomic E-state index is 12.7. The van der Waals surface area contributed by atoms with Crippen LogP contribution in [0.3, 0.4) is 0 Å². The van der Waals surface area contributed by atoms with E-state index in [0.717, 1.165) is 31.2 Å². The van der Waals surface area contributed by atoms with Crippen LogP contribution in [0, 0.1) is 0 Å². The van der Waals surface area contributed by atoms with E-state index in [4.69, 9.17) is 0 Å². The number of hydrogen-bond donors (Lipinski definition) is 1. The zero-order valence-electron chi connectivity index (χ0n) is 14.1. The number of aryl methyl sites for hydroxylation is 1. The molecule has 0 radical (unpaired) electrons. The molecule has 0 fully saturated rings. The Bertz CT molecular complexity index is 951. The molecule has 0 atom stereocenters. The minimum Gasteiger partial charge on any atom is -0.332 e. The molecule has 0 saturated heterocycles. The first-order valence-corrected chi connectivity index (χ1v) is 8.38. The highest BCUT2D eigenvalue weighted by Gasteiger charge is 2.15. The summed E-state index contributed by atoms with van der Waals surface area (Å²) in [5.41, 5.74) is 1.06. The Balaban J connectivity index is 2.06. The van der Waals surface area contributed by atoms with Gasteiger partial charge in [-0.15, -0.1) is 0 Å². The van der Waals surface area contributed by atoms with E-state index in [9.17, 15) is 9.59 Å². The molecule has 126 valence electrons. The Labute approximate surface area is 139 Å². The molecule has 0 saturated carbocycles. The first kappa shape index (κ1) is 16.2. The van der Waals surface area contributed by atoms with Gasteiger partial charge in [0.15, 0.2) is 5.65 Å². The van der Waals surface area contributed by atoms with Gasteiger partial charge < -0.3 is 4.98 Å². The molecule has 3 rings (SSSR count). The van der Waals surface area contributed by atoms with E-state index in [2.05, 4.69) is 16.9 Å². The molecule has 6 heteroatoms. The molecular weight excluding hydrogens is 304 g/mol. The summed E-state index contributed by atoms with van der Waals surface area (Å²) in [5, 5.41) is 0. The molecule has 2 heterocycles. The molecule has 0 aliphatic carbocycles. The fraction of sp³-hybridized carbons (Fsp3) is 0.389. The average molecular weight is 326 g/mol. The van der Waals surface area contributed by atoms with Crippen molar-refractivity contribution >= 4 is 11.2 Å². The van der Waals surface area contributed by atoms with Crippen LogP contribution in [0.25, 0.3) is 22.6 Å². The van der Waals surface area contributed by atoms with Crippen molar-refractivity contribution in [1.82, 2.24) is 19.1 Å². The molecule has 0 amide bonds. The van der Waals surface area contributed by atoms with Gasteiger partial charge in [-0.05, 0) is 6.42 Å². The number of nitrogens with one attached hydrogen (secondary N) is 1. The van der Waals surface area contributed by atoms with E-state index >= 15 is 0 Å². The van der Waals surface area contributed by atoms with E-state index in [1.807, 2.05) is 30.3 Å².